The molecular formula is C24H23N2O3S+. The Morgan fingerprint density at radius 3 is 2.47 bits per heavy atom. The average molecular weight is 420 g/mol. The zero-order valence-corrected chi connectivity index (χ0v) is 17.7. The fourth-order valence-electron chi connectivity index (χ4n) is 3.29. The van der Waals surface area contributed by atoms with Gasteiger partial charge in [-0.3, -0.25) is 0 Å². The maximum Gasteiger partial charge on any atom is 0.288 e. The predicted molar refractivity (Wildman–Crippen MR) is 122 cm³/mol. The van der Waals surface area contributed by atoms with Gasteiger partial charge in [0.15, 0.2) is 34.6 Å². The molecule has 0 saturated heterocycles. The van der Waals surface area contributed by atoms with Crippen LogP contribution in [0, 0.1) is 13.8 Å². The number of aliphatic hydroxyl groups excluding tert-OH is 1. The first-order chi connectivity index (χ1) is 14.5. The van der Waals surface area contributed by atoms with E-state index in [0.717, 1.165) is 16.8 Å². The van der Waals surface area contributed by atoms with Gasteiger partial charge in [0.05, 0.1) is 0 Å². The number of aromatic nitrogens is 1. The van der Waals surface area contributed by atoms with Gasteiger partial charge in [-0.25, -0.2) is 0 Å². The molecule has 0 amide bonds. The summed E-state index contributed by atoms with van der Waals surface area (Å²) >= 11 is 5.73. The third kappa shape index (κ3) is 4.00. The number of aryl methyl sites for hydroxylation is 1. The van der Waals surface area contributed by atoms with Crippen molar-refractivity contribution < 1.29 is 19.1 Å². The van der Waals surface area contributed by atoms with Gasteiger partial charge in [-0.15, -0.1) is 0 Å². The van der Waals surface area contributed by atoms with E-state index in [4.69, 9.17) is 21.7 Å². The van der Waals surface area contributed by atoms with Crippen molar-refractivity contribution in [3.05, 3.63) is 83.7 Å². The second-order valence-electron chi connectivity index (χ2n) is 7.04. The summed E-state index contributed by atoms with van der Waals surface area (Å²) in [6, 6.07) is 17.1. The Kier molecular flexibility index (Phi) is 5.68. The Labute approximate surface area is 181 Å². The zero-order valence-electron chi connectivity index (χ0n) is 16.9. The van der Waals surface area contributed by atoms with E-state index in [1.165, 1.54) is 0 Å². The molecule has 4 rings (SSSR count). The van der Waals surface area contributed by atoms with E-state index in [0.29, 0.717) is 41.0 Å². The minimum absolute atomic E-state index is 0.0472. The van der Waals surface area contributed by atoms with E-state index < -0.39 is 0 Å². The van der Waals surface area contributed by atoms with Crippen LogP contribution in [0.25, 0.3) is 11.5 Å². The van der Waals surface area contributed by atoms with Crippen molar-refractivity contribution in [1.82, 2.24) is 0 Å². The second kappa shape index (κ2) is 8.55. The summed E-state index contributed by atoms with van der Waals surface area (Å²) in [7, 11) is 0. The third-order valence-corrected chi connectivity index (χ3v) is 5.38. The van der Waals surface area contributed by atoms with Crippen LogP contribution in [0.1, 0.15) is 16.7 Å². The lowest BCUT2D eigenvalue weighted by atomic mass is 10.1. The van der Waals surface area contributed by atoms with Gasteiger partial charge < -0.3 is 19.9 Å². The van der Waals surface area contributed by atoms with Gasteiger partial charge in [0.1, 0.15) is 13.2 Å². The quantitative estimate of drug-likeness (QED) is 0.278. The molecule has 1 aromatic heterocycles. The molecule has 0 fully saturated rings. The maximum atomic E-state index is 11.2. The summed E-state index contributed by atoms with van der Waals surface area (Å²) in [6.07, 6.45) is 3.70. The van der Waals surface area contributed by atoms with E-state index in [2.05, 4.69) is 18.3 Å². The summed E-state index contributed by atoms with van der Waals surface area (Å²) in [5.41, 5.74) is 4.25. The highest BCUT2D eigenvalue weighted by molar-refractivity contribution is 7.81. The highest BCUT2D eigenvalue weighted by Crippen LogP contribution is 2.33. The number of pyridine rings is 1. The molecule has 0 saturated carbocycles. The number of nitrogens with one attached hydrogen (secondary N) is 1. The normalized spacial score (nSPS) is 13.4. The lowest BCUT2D eigenvalue weighted by Gasteiger charge is -2.19. The van der Waals surface area contributed by atoms with Crippen molar-refractivity contribution >= 4 is 34.3 Å². The van der Waals surface area contributed by atoms with Crippen LogP contribution in [-0.4, -0.2) is 23.3 Å². The number of aliphatic hydroxyl groups is 1. The molecule has 0 bridgehead atoms. The SMILES string of the molecule is Cc1cccc(NC(=S)C(=C(O)c2ccc3c(c2)OCCO3)[n+]2ccccc2)c1C. The van der Waals surface area contributed by atoms with Gasteiger partial charge in [0.2, 0.25) is 0 Å². The number of anilines is 1. The van der Waals surface area contributed by atoms with Crippen LogP contribution in [-0.2, 0) is 0 Å². The molecule has 1 aliphatic heterocycles. The second-order valence-corrected chi connectivity index (χ2v) is 7.45. The lowest BCUT2D eigenvalue weighted by molar-refractivity contribution is -0.575. The van der Waals surface area contributed by atoms with Gasteiger partial charge in [-0.05, 0) is 49.2 Å². The van der Waals surface area contributed by atoms with E-state index in [-0.39, 0.29) is 5.76 Å². The molecule has 0 aliphatic carbocycles. The molecule has 1 aliphatic rings. The number of rotatable bonds is 4. The molecule has 3 aromatic rings. The first-order valence-corrected chi connectivity index (χ1v) is 10.1. The largest absolute Gasteiger partial charge is 0.502 e. The van der Waals surface area contributed by atoms with Gasteiger partial charge in [-0.1, -0.05) is 30.4 Å². The van der Waals surface area contributed by atoms with Crippen LogP contribution in [0.4, 0.5) is 5.69 Å². The van der Waals surface area contributed by atoms with Crippen LogP contribution in [0.2, 0.25) is 0 Å². The smallest absolute Gasteiger partial charge is 0.288 e. The summed E-state index contributed by atoms with van der Waals surface area (Å²) in [4.78, 5) is 0.410. The highest BCUT2D eigenvalue weighted by Gasteiger charge is 2.25. The highest BCUT2D eigenvalue weighted by atomic mass is 32.1. The fourth-order valence-corrected chi connectivity index (χ4v) is 3.60. The van der Waals surface area contributed by atoms with Gasteiger partial charge >= 0.3 is 0 Å². The van der Waals surface area contributed by atoms with Crippen LogP contribution in [0.5, 0.6) is 11.5 Å². The van der Waals surface area contributed by atoms with Gasteiger partial charge in [0.25, 0.3) is 5.70 Å². The average Bonchev–Trinajstić information content (AvgIpc) is 2.77. The van der Waals surface area contributed by atoms with Gasteiger partial charge in [-0.2, -0.15) is 4.57 Å². The zero-order chi connectivity index (χ0) is 21.1. The molecule has 30 heavy (non-hydrogen) atoms. The third-order valence-electron chi connectivity index (χ3n) is 5.08. The summed E-state index contributed by atoms with van der Waals surface area (Å²) in [5, 5.41) is 14.5. The topological polar surface area (TPSA) is 54.6 Å². The summed E-state index contributed by atoms with van der Waals surface area (Å²) < 4.78 is 13.1. The first-order valence-electron chi connectivity index (χ1n) is 9.72. The number of fused-ring (bicyclic) bond motifs is 1. The number of benzene rings is 2. The summed E-state index contributed by atoms with van der Waals surface area (Å²) in [6.45, 7) is 5.09. The molecule has 2 N–H and O–H groups in total. The Morgan fingerprint density at radius 2 is 1.70 bits per heavy atom. The lowest BCUT2D eigenvalue weighted by Crippen LogP contribution is -2.38. The monoisotopic (exact) mass is 419 g/mol. The van der Waals surface area contributed by atoms with Crippen molar-refractivity contribution in [3.8, 4) is 11.5 Å². The van der Waals surface area contributed by atoms with Crippen molar-refractivity contribution in [2.75, 3.05) is 18.5 Å². The van der Waals surface area contributed by atoms with Crippen LogP contribution < -0.4 is 19.4 Å². The molecule has 0 radical (unpaired) electrons. The number of nitrogens with zero attached hydrogens (tertiary/aromatic N) is 1. The molecule has 0 spiro atoms. The Hall–Kier alpha value is -3.38. The molecule has 6 heteroatoms. The first kappa shape index (κ1) is 19.9. The molecule has 2 heterocycles. The molecule has 5 nitrogen and oxygen atoms in total. The Bertz CT molecular complexity index is 1130. The molecule has 2 aromatic carbocycles. The Balaban J connectivity index is 1.78. The number of hydrogen-bond acceptors (Lipinski definition) is 4. The van der Waals surface area contributed by atoms with Crippen molar-refractivity contribution in [1.29, 1.82) is 0 Å². The minimum atomic E-state index is 0.0472. The molecule has 0 unspecified atom stereocenters. The fraction of sp³-hybridized carbons (Fsp3) is 0.167. The number of hydrogen-bond donors (Lipinski definition) is 2. The minimum Gasteiger partial charge on any atom is -0.502 e. The number of ether oxygens (including phenoxy) is 2. The molecule has 0 atom stereocenters. The van der Waals surface area contributed by atoms with Crippen LogP contribution in [0.15, 0.2) is 67.0 Å². The van der Waals surface area contributed by atoms with E-state index in [9.17, 15) is 5.11 Å². The van der Waals surface area contributed by atoms with E-state index >= 15 is 0 Å². The van der Waals surface area contributed by atoms with Crippen molar-refractivity contribution in [3.63, 3.8) is 0 Å². The summed E-state index contributed by atoms with van der Waals surface area (Å²) in [5.74, 6) is 1.32. The standard InChI is InChI=1S/C24H22N2O3S/c1-16-7-6-8-19(17(16)2)25-24(30)22(26-11-4-3-5-12-26)23(27)18-9-10-20-21(15-18)29-14-13-28-20/h3-12,15H,13-14H2,1-2H3,(H-,25,27,30)/p+1. The maximum absolute atomic E-state index is 11.2. The molecule has 152 valence electrons. The molecular weight excluding hydrogens is 396 g/mol. The van der Waals surface area contributed by atoms with E-state index in [1.807, 2.05) is 49.6 Å². The van der Waals surface area contributed by atoms with E-state index in [1.54, 1.807) is 22.8 Å². The van der Waals surface area contributed by atoms with Crippen molar-refractivity contribution in [2.24, 2.45) is 0 Å². The van der Waals surface area contributed by atoms with Gasteiger partial charge in [0, 0.05) is 23.4 Å². The van der Waals surface area contributed by atoms with Crippen LogP contribution in [0.3, 0.4) is 0 Å². The van der Waals surface area contributed by atoms with Crippen molar-refractivity contribution in [2.45, 2.75) is 13.8 Å². The van der Waals surface area contributed by atoms with Crippen LogP contribution >= 0.6 is 12.2 Å². The predicted octanol–water partition coefficient (Wildman–Crippen LogP) is 4.69. The number of thiocarbonyl (C=S) groups is 1. The Morgan fingerprint density at radius 1 is 0.967 bits per heavy atom.